The van der Waals surface area contributed by atoms with Gasteiger partial charge in [0.2, 0.25) is 5.91 Å². The second kappa shape index (κ2) is 5.38. The lowest BCUT2D eigenvalue weighted by Crippen LogP contribution is -2.47. The van der Waals surface area contributed by atoms with Crippen LogP contribution in [0.15, 0.2) is 0 Å². The fourth-order valence-electron chi connectivity index (χ4n) is 2.37. The number of thioether (sulfide) groups is 1. The van der Waals surface area contributed by atoms with Crippen LogP contribution in [-0.4, -0.2) is 59.2 Å². The average Bonchev–Trinajstić information content (AvgIpc) is 2.75. The van der Waals surface area contributed by atoms with E-state index in [1.165, 1.54) is 6.42 Å². The summed E-state index contributed by atoms with van der Waals surface area (Å²) in [5, 5.41) is 13.0. The van der Waals surface area contributed by atoms with E-state index < -0.39 is 6.10 Å². The zero-order valence-corrected chi connectivity index (χ0v) is 10.5. The van der Waals surface area contributed by atoms with E-state index in [0.29, 0.717) is 13.1 Å². The molecule has 2 heterocycles. The van der Waals surface area contributed by atoms with Crippen molar-refractivity contribution >= 4 is 17.7 Å². The van der Waals surface area contributed by atoms with Crippen molar-refractivity contribution in [3.8, 4) is 0 Å². The lowest BCUT2D eigenvalue weighted by atomic mass is 10.1. The van der Waals surface area contributed by atoms with Crippen molar-refractivity contribution in [1.82, 2.24) is 10.2 Å². The molecule has 0 aromatic carbocycles. The maximum Gasteiger partial charge on any atom is 0.235 e. The molecule has 2 aliphatic rings. The molecule has 0 bridgehead atoms. The number of β-amino-alcohol motifs (C(OH)–C–C–N with tert-alkyl or cyclic N) is 1. The van der Waals surface area contributed by atoms with E-state index in [1.54, 1.807) is 16.7 Å². The summed E-state index contributed by atoms with van der Waals surface area (Å²) >= 11 is 1.77. The Morgan fingerprint density at radius 1 is 1.44 bits per heavy atom. The first-order valence-electron chi connectivity index (χ1n) is 5.97. The van der Waals surface area contributed by atoms with Gasteiger partial charge in [-0.05, 0) is 18.6 Å². The van der Waals surface area contributed by atoms with Gasteiger partial charge in [-0.1, -0.05) is 6.42 Å². The number of rotatable bonds is 2. The summed E-state index contributed by atoms with van der Waals surface area (Å²) in [6.45, 7) is 1.31. The summed E-state index contributed by atoms with van der Waals surface area (Å²) in [5.41, 5.74) is 0. The van der Waals surface area contributed by atoms with Crippen LogP contribution in [0, 0.1) is 0 Å². The highest BCUT2D eigenvalue weighted by Crippen LogP contribution is 2.27. The van der Waals surface area contributed by atoms with Gasteiger partial charge in [0.25, 0.3) is 0 Å². The van der Waals surface area contributed by atoms with Crippen molar-refractivity contribution in [1.29, 1.82) is 0 Å². The molecule has 0 aliphatic carbocycles. The maximum absolute atomic E-state index is 12.2. The van der Waals surface area contributed by atoms with Gasteiger partial charge in [-0.25, -0.2) is 0 Å². The molecule has 1 unspecified atom stereocenters. The zero-order chi connectivity index (χ0) is 11.5. The molecule has 0 aromatic rings. The van der Waals surface area contributed by atoms with Crippen molar-refractivity contribution in [2.75, 3.05) is 25.9 Å². The molecule has 0 aromatic heterocycles. The Labute approximate surface area is 101 Å². The molecule has 3 atom stereocenters. The molecule has 0 spiro atoms. The van der Waals surface area contributed by atoms with Gasteiger partial charge in [0.05, 0.1) is 17.4 Å². The van der Waals surface area contributed by atoms with Crippen molar-refractivity contribution in [2.45, 2.75) is 36.7 Å². The lowest BCUT2D eigenvalue weighted by molar-refractivity contribution is -0.132. The third-order valence-electron chi connectivity index (χ3n) is 3.45. The van der Waals surface area contributed by atoms with E-state index in [0.717, 1.165) is 18.6 Å². The molecule has 2 N–H and O–H groups in total. The summed E-state index contributed by atoms with van der Waals surface area (Å²) < 4.78 is 0. The van der Waals surface area contributed by atoms with E-state index in [2.05, 4.69) is 5.32 Å². The molecule has 92 valence electrons. The average molecular weight is 244 g/mol. The fourth-order valence-corrected chi connectivity index (χ4v) is 3.67. The van der Waals surface area contributed by atoms with Crippen LogP contribution >= 0.6 is 11.8 Å². The van der Waals surface area contributed by atoms with Gasteiger partial charge >= 0.3 is 0 Å². The second-order valence-electron chi connectivity index (χ2n) is 4.60. The monoisotopic (exact) mass is 244 g/mol. The highest BCUT2D eigenvalue weighted by molar-refractivity contribution is 8.00. The number of aliphatic hydroxyl groups excluding tert-OH is 1. The lowest BCUT2D eigenvalue weighted by Gasteiger charge is -2.31. The Balaban J connectivity index is 1.92. The number of nitrogens with one attached hydrogen (secondary N) is 1. The predicted molar refractivity (Wildman–Crippen MR) is 65.5 cm³/mol. The Hall–Kier alpha value is -0.260. The molecule has 4 nitrogen and oxygen atoms in total. The van der Waals surface area contributed by atoms with Gasteiger partial charge < -0.3 is 15.3 Å². The summed E-state index contributed by atoms with van der Waals surface area (Å²) in [6, 6.07) is -0.0463. The van der Waals surface area contributed by atoms with Crippen LogP contribution in [0.25, 0.3) is 0 Å². The first kappa shape index (κ1) is 12.2. The van der Waals surface area contributed by atoms with Crippen LogP contribution in [0.1, 0.15) is 19.3 Å². The third-order valence-corrected chi connectivity index (χ3v) is 4.82. The molecule has 2 aliphatic heterocycles. The highest BCUT2D eigenvalue weighted by Gasteiger charge is 2.34. The van der Waals surface area contributed by atoms with E-state index in [4.69, 9.17) is 0 Å². The molecule has 2 fully saturated rings. The standard InChI is InChI=1S/C11H20N2O2S/c1-13(8-6-12-7-9(8)14)11(15)10-4-2-3-5-16-10/h8-10,12,14H,2-7H2,1H3/t8-,9-,10?/m0/s1. The Bertz CT molecular complexity index is 256. The molecule has 5 heteroatoms. The first-order valence-corrected chi connectivity index (χ1v) is 7.02. The molecular formula is C11H20N2O2S. The SMILES string of the molecule is CN(C(=O)C1CCCCS1)[C@H]1CNC[C@@H]1O. The first-order chi connectivity index (χ1) is 7.70. The molecule has 16 heavy (non-hydrogen) atoms. The Kier molecular flexibility index (Phi) is 4.10. The van der Waals surface area contributed by atoms with Crippen LogP contribution < -0.4 is 5.32 Å². The van der Waals surface area contributed by atoms with Crippen molar-refractivity contribution in [3.05, 3.63) is 0 Å². The topological polar surface area (TPSA) is 52.6 Å². The highest BCUT2D eigenvalue weighted by atomic mass is 32.2. The normalized spacial score (nSPS) is 35.0. The van der Waals surface area contributed by atoms with Gasteiger partial charge in [-0.3, -0.25) is 4.79 Å². The van der Waals surface area contributed by atoms with Gasteiger partial charge in [0, 0.05) is 20.1 Å². The quantitative estimate of drug-likeness (QED) is 0.721. The minimum Gasteiger partial charge on any atom is -0.390 e. The number of likely N-dealkylation sites (N-methyl/N-ethyl adjacent to an activating group) is 1. The predicted octanol–water partition coefficient (Wildman–Crippen LogP) is 0.0632. The number of hydrogen-bond acceptors (Lipinski definition) is 4. The minimum absolute atomic E-state index is 0.0463. The van der Waals surface area contributed by atoms with Gasteiger partial charge in [0.1, 0.15) is 0 Å². The zero-order valence-electron chi connectivity index (χ0n) is 9.69. The van der Waals surface area contributed by atoms with E-state index in [9.17, 15) is 9.90 Å². The molecule has 2 saturated heterocycles. The van der Waals surface area contributed by atoms with Crippen molar-refractivity contribution in [2.24, 2.45) is 0 Å². The summed E-state index contributed by atoms with van der Waals surface area (Å²) in [7, 11) is 1.82. The number of carbonyl (C=O) groups excluding carboxylic acids is 1. The van der Waals surface area contributed by atoms with Crippen LogP contribution in [0.5, 0.6) is 0 Å². The van der Waals surface area contributed by atoms with Gasteiger partial charge in [0.15, 0.2) is 0 Å². The minimum atomic E-state index is -0.414. The number of hydrogen-bond donors (Lipinski definition) is 2. The Morgan fingerprint density at radius 3 is 2.81 bits per heavy atom. The summed E-state index contributed by atoms with van der Waals surface area (Å²) in [6.07, 6.45) is 2.96. The van der Waals surface area contributed by atoms with Crippen LogP contribution in [-0.2, 0) is 4.79 Å². The molecule has 0 radical (unpaired) electrons. The molecule has 0 saturated carbocycles. The smallest absolute Gasteiger partial charge is 0.235 e. The van der Waals surface area contributed by atoms with E-state index in [-0.39, 0.29) is 17.2 Å². The van der Waals surface area contributed by atoms with E-state index >= 15 is 0 Å². The fraction of sp³-hybridized carbons (Fsp3) is 0.909. The molecule has 1 amide bonds. The summed E-state index contributed by atoms with van der Waals surface area (Å²) in [5.74, 6) is 1.29. The largest absolute Gasteiger partial charge is 0.390 e. The number of nitrogens with zero attached hydrogens (tertiary/aromatic N) is 1. The maximum atomic E-state index is 12.2. The van der Waals surface area contributed by atoms with Gasteiger partial charge in [-0.15, -0.1) is 11.8 Å². The van der Waals surface area contributed by atoms with Crippen molar-refractivity contribution < 1.29 is 9.90 Å². The second-order valence-corrected chi connectivity index (χ2v) is 5.91. The van der Waals surface area contributed by atoms with Crippen molar-refractivity contribution in [3.63, 3.8) is 0 Å². The molecule has 2 rings (SSSR count). The molecular weight excluding hydrogens is 224 g/mol. The summed E-state index contributed by atoms with van der Waals surface area (Å²) in [4.78, 5) is 13.9. The van der Waals surface area contributed by atoms with E-state index in [1.807, 2.05) is 7.05 Å². The number of amides is 1. The Morgan fingerprint density at radius 2 is 2.25 bits per heavy atom. The third kappa shape index (κ3) is 2.52. The van der Waals surface area contributed by atoms with Gasteiger partial charge in [-0.2, -0.15) is 0 Å². The van der Waals surface area contributed by atoms with Crippen LogP contribution in [0.3, 0.4) is 0 Å². The number of carbonyl (C=O) groups is 1. The van der Waals surface area contributed by atoms with Crippen LogP contribution in [0.4, 0.5) is 0 Å². The number of aliphatic hydroxyl groups is 1. The van der Waals surface area contributed by atoms with Crippen LogP contribution in [0.2, 0.25) is 0 Å².